The Morgan fingerprint density at radius 1 is 1.00 bits per heavy atom. The maximum atomic E-state index is 12.2. The minimum absolute atomic E-state index is 0.0741. The molecule has 0 saturated carbocycles. The molecule has 0 saturated heterocycles. The third-order valence-corrected chi connectivity index (χ3v) is 4.67. The van der Waals surface area contributed by atoms with Gasteiger partial charge in [-0.15, -0.1) is 0 Å². The molecule has 0 spiro atoms. The molecule has 1 unspecified atom stereocenters. The zero-order valence-corrected chi connectivity index (χ0v) is 12.3. The minimum Gasteiger partial charge on any atom is -0.317 e. The molecule has 5 rings (SSSR count). The van der Waals surface area contributed by atoms with Crippen molar-refractivity contribution in [2.75, 3.05) is 0 Å². The highest BCUT2D eigenvalue weighted by atomic mass is 16.1. The van der Waals surface area contributed by atoms with E-state index < -0.39 is 0 Å². The van der Waals surface area contributed by atoms with Crippen molar-refractivity contribution in [1.29, 1.82) is 0 Å². The van der Waals surface area contributed by atoms with Crippen molar-refractivity contribution in [1.82, 2.24) is 9.55 Å². The Balaban J connectivity index is 1.72. The number of hydrogen-bond acceptors (Lipinski definition) is 2. The second-order valence-electron chi connectivity index (χ2n) is 5.88. The maximum Gasteiger partial charge on any atom is 0.313 e. The number of hydrogen-bond donors (Lipinski definition) is 0. The molecular formula is C19H13N3O. The molecular weight excluding hydrogens is 286 g/mol. The van der Waals surface area contributed by atoms with E-state index in [4.69, 9.17) is 0 Å². The minimum atomic E-state index is -0.251. The van der Waals surface area contributed by atoms with E-state index in [9.17, 15) is 4.79 Å². The van der Waals surface area contributed by atoms with Gasteiger partial charge in [0.05, 0.1) is 11.8 Å². The van der Waals surface area contributed by atoms with Gasteiger partial charge >= 0.3 is 5.91 Å². The first-order chi connectivity index (χ1) is 11.3. The van der Waals surface area contributed by atoms with Gasteiger partial charge in [-0.1, -0.05) is 48.5 Å². The van der Waals surface area contributed by atoms with Gasteiger partial charge in [-0.3, -0.25) is 4.79 Å². The topological polar surface area (TPSA) is 47.2 Å². The predicted octanol–water partition coefficient (Wildman–Crippen LogP) is 3.29. The third-order valence-electron chi connectivity index (χ3n) is 4.67. The number of imidazole rings is 1. The van der Waals surface area contributed by atoms with E-state index in [1.54, 1.807) is 6.20 Å². The number of amides is 1. The van der Waals surface area contributed by atoms with Gasteiger partial charge in [-0.05, 0) is 16.7 Å². The standard InChI is InChI=1S/C19H13N3O/c23-19-18-20-9-10-22(18)16-11-15-13(12-5-2-1-3-6-12)7-4-8-14(15)17(16)21-19/h1-10,16H,11H2. The van der Waals surface area contributed by atoms with Crippen molar-refractivity contribution in [3.05, 3.63) is 77.9 Å². The van der Waals surface area contributed by atoms with Gasteiger partial charge in [0.15, 0.2) is 0 Å². The Morgan fingerprint density at radius 2 is 1.83 bits per heavy atom. The van der Waals surface area contributed by atoms with Crippen LogP contribution < -0.4 is 0 Å². The zero-order valence-electron chi connectivity index (χ0n) is 12.3. The fourth-order valence-electron chi connectivity index (χ4n) is 3.66. The molecule has 4 heteroatoms. The van der Waals surface area contributed by atoms with Gasteiger partial charge in [0, 0.05) is 24.4 Å². The van der Waals surface area contributed by atoms with Gasteiger partial charge in [0.1, 0.15) is 0 Å². The fourth-order valence-corrected chi connectivity index (χ4v) is 3.66. The first-order valence-corrected chi connectivity index (χ1v) is 7.66. The Bertz CT molecular complexity index is 969. The predicted molar refractivity (Wildman–Crippen MR) is 87.7 cm³/mol. The van der Waals surface area contributed by atoms with Crippen molar-refractivity contribution in [3.63, 3.8) is 0 Å². The summed E-state index contributed by atoms with van der Waals surface area (Å²) in [6.07, 6.45) is 4.39. The van der Waals surface area contributed by atoms with Crippen LogP contribution in [-0.4, -0.2) is 21.2 Å². The van der Waals surface area contributed by atoms with Gasteiger partial charge < -0.3 is 4.57 Å². The molecule has 0 N–H and O–H groups in total. The van der Waals surface area contributed by atoms with Crippen LogP contribution in [-0.2, 0) is 6.42 Å². The average Bonchev–Trinajstić information content (AvgIpc) is 3.20. The number of aliphatic imine (C=N–C) groups is 1. The Hall–Kier alpha value is -3.01. The molecule has 1 aromatic heterocycles. The van der Waals surface area contributed by atoms with Crippen molar-refractivity contribution < 1.29 is 4.79 Å². The van der Waals surface area contributed by atoms with Gasteiger partial charge in [-0.2, -0.15) is 0 Å². The number of carbonyl (C=O) groups excluding carboxylic acids is 1. The first-order valence-electron chi connectivity index (χ1n) is 7.66. The summed E-state index contributed by atoms with van der Waals surface area (Å²) in [6, 6.07) is 16.7. The summed E-state index contributed by atoms with van der Waals surface area (Å²) < 4.78 is 1.96. The van der Waals surface area contributed by atoms with E-state index in [0.717, 1.165) is 17.7 Å². The lowest BCUT2D eigenvalue weighted by Gasteiger charge is -2.19. The largest absolute Gasteiger partial charge is 0.317 e. The summed E-state index contributed by atoms with van der Waals surface area (Å²) in [7, 11) is 0. The van der Waals surface area contributed by atoms with E-state index in [0.29, 0.717) is 5.82 Å². The highest BCUT2D eigenvalue weighted by Gasteiger charge is 2.37. The van der Waals surface area contributed by atoms with Crippen LogP contribution in [0, 0.1) is 0 Å². The van der Waals surface area contributed by atoms with Crippen LogP contribution in [0.3, 0.4) is 0 Å². The molecule has 2 aromatic carbocycles. The van der Waals surface area contributed by atoms with Crippen LogP contribution >= 0.6 is 0 Å². The van der Waals surface area contributed by atoms with E-state index in [-0.39, 0.29) is 11.9 Å². The van der Waals surface area contributed by atoms with E-state index in [2.05, 4.69) is 34.2 Å². The average molecular weight is 299 g/mol. The summed E-state index contributed by atoms with van der Waals surface area (Å²) in [5.41, 5.74) is 5.63. The van der Waals surface area contributed by atoms with E-state index >= 15 is 0 Å². The van der Waals surface area contributed by atoms with Crippen LogP contribution in [0.4, 0.5) is 0 Å². The fraction of sp³-hybridized carbons (Fsp3) is 0.105. The van der Waals surface area contributed by atoms with Crippen LogP contribution in [0.15, 0.2) is 65.9 Å². The monoisotopic (exact) mass is 299 g/mol. The summed E-state index contributed by atoms with van der Waals surface area (Å²) in [5, 5.41) is 0. The van der Waals surface area contributed by atoms with E-state index in [1.807, 2.05) is 35.0 Å². The Kier molecular flexibility index (Phi) is 2.45. The molecule has 1 aliphatic heterocycles. The summed E-state index contributed by atoms with van der Waals surface area (Å²) in [4.78, 5) is 20.7. The number of benzene rings is 2. The molecule has 2 aliphatic rings. The number of fused-ring (bicyclic) bond motifs is 5. The lowest BCUT2D eigenvalue weighted by molar-refractivity contribution is 0.0983. The number of carbonyl (C=O) groups is 1. The normalized spacial score (nSPS) is 18.2. The SMILES string of the molecule is O=C1N=C2c3cccc(-c4ccccc4)c3CC2n2ccnc21. The molecule has 110 valence electrons. The molecule has 0 radical (unpaired) electrons. The highest BCUT2D eigenvalue weighted by molar-refractivity contribution is 6.16. The smallest absolute Gasteiger partial charge is 0.313 e. The van der Waals surface area contributed by atoms with Crippen molar-refractivity contribution in [3.8, 4) is 11.1 Å². The van der Waals surface area contributed by atoms with Crippen molar-refractivity contribution >= 4 is 11.6 Å². The van der Waals surface area contributed by atoms with Gasteiger partial charge in [-0.25, -0.2) is 9.98 Å². The van der Waals surface area contributed by atoms with Gasteiger partial charge in [0.25, 0.3) is 0 Å². The number of nitrogens with zero attached hydrogens (tertiary/aromatic N) is 3. The van der Waals surface area contributed by atoms with Crippen molar-refractivity contribution in [2.24, 2.45) is 4.99 Å². The van der Waals surface area contributed by atoms with Gasteiger partial charge in [0.2, 0.25) is 5.82 Å². The summed E-state index contributed by atoms with van der Waals surface area (Å²) >= 11 is 0. The Labute approximate surface area is 133 Å². The summed E-state index contributed by atoms with van der Waals surface area (Å²) in [5.74, 6) is 0.187. The summed E-state index contributed by atoms with van der Waals surface area (Å²) in [6.45, 7) is 0. The third kappa shape index (κ3) is 1.69. The second kappa shape index (κ2) is 4.49. The van der Waals surface area contributed by atoms with Crippen LogP contribution in [0.25, 0.3) is 11.1 Å². The zero-order chi connectivity index (χ0) is 15.4. The maximum absolute atomic E-state index is 12.2. The molecule has 2 heterocycles. The first kappa shape index (κ1) is 12.5. The molecule has 4 nitrogen and oxygen atoms in total. The van der Waals surface area contributed by atoms with Crippen LogP contribution in [0.2, 0.25) is 0 Å². The van der Waals surface area contributed by atoms with Crippen molar-refractivity contribution in [2.45, 2.75) is 12.5 Å². The number of rotatable bonds is 1. The number of aromatic nitrogens is 2. The molecule has 0 bridgehead atoms. The Morgan fingerprint density at radius 3 is 2.70 bits per heavy atom. The highest BCUT2D eigenvalue weighted by Crippen LogP contribution is 2.39. The molecule has 1 aliphatic carbocycles. The lowest BCUT2D eigenvalue weighted by Crippen LogP contribution is -2.26. The second-order valence-corrected chi connectivity index (χ2v) is 5.88. The molecule has 23 heavy (non-hydrogen) atoms. The van der Waals surface area contributed by atoms with Crippen LogP contribution in [0.1, 0.15) is 27.8 Å². The molecule has 0 fully saturated rings. The van der Waals surface area contributed by atoms with Crippen LogP contribution in [0.5, 0.6) is 0 Å². The van der Waals surface area contributed by atoms with E-state index in [1.165, 1.54) is 16.7 Å². The lowest BCUT2D eigenvalue weighted by atomic mass is 9.97. The molecule has 1 amide bonds. The molecule has 3 aromatic rings. The molecule has 1 atom stereocenters. The quantitative estimate of drug-likeness (QED) is 0.692.